The number of hydrogen-bond donors (Lipinski definition) is 2. The molecular weight excluding hydrogens is 272 g/mol. The molecule has 1 amide bonds. The van der Waals surface area contributed by atoms with Gasteiger partial charge < -0.3 is 15.2 Å². The summed E-state index contributed by atoms with van der Waals surface area (Å²) in [6, 6.07) is 0.0304. The SMILES string of the molecule is C[C@@H]1CNCCN1C(=O)c1c[nH]c(=O)n(C)c1=O.Cl. The van der Waals surface area contributed by atoms with Gasteiger partial charge in [-0.25, -0.2) is 4.79 Å². The average Bonchev–Trinajstić information content (AvgIpc) is 2.36. The zero-order valence-electron chi connectivity index (χ0n) is 10.8. The quantitative estimate of drug-likeness (QED) is 0.689. The minimum atomic E-state index is -0.561. The van der Waals surface area contributed by atoms with E-state index in [1.54, 1.807) is 4.90 Å². The Hall–Kier alpha value is -1.60. The van der Waals surface area contributed by atoms with E-state index in [0.29, 0.717) is 19.6 Å². The van der Waals surface area contributed by atoms with Crippen LogP contribution >= 0.6 is 12.4 Å². The molecule has 19 heavy (non-hydrogen) atoms. The molecule has 0 unspecified atom stereocenters. The van der Waals surface area contributed by atoms with Gasteiger partial charge in [0.2, 0.25) is 0 Å². The summed E-state index contributed by atoms with van der Waals surface area (Å²) in [4.78, 5) is 39.4. The summed E-state index contributed by atoms with van der Waals surface area (Å²) in [5.74, 6) is -0.333. The van der Waals surface area contributed by atoms with E-state index in [2.05, 4.69) is 10.3 Å². The lowest BCUT2D eigenvalue weighted by atomic mass is 10.2. The maximum absolute atomic E-state index is 12.3. The first kappa shape index (κ1) is 15.5. The molecule has 8 heteroatoms. The number of amides is 1. The molecule has 1 saturated heterocycles. The van der Waals surface area contributed by atoms with Gasteiger partial charge in [-0.3, -0.25) is 14.2 Å². The second-order valence-electron chi connectivity index (χ2n) is 4.42. The van der Waals surface area contributed by atoms with Gasteiger partial charge in [-0.1, -0.05) is 0 Å². The van der Waals surface area contributed by atoms with E-state index in [1.807, 2.05) is 6.92 Å². The van der Waals surface area contributed by atoms with Gasteiger partial charge in [-0.2, -0.15) is 0 Å². The molecule has 7 nitrogen and oxygen atoms in total. The first-order valence-electron chi connectivity index (χ1n) is 5.82. The average molecular weight is 289 g/mol. The van der Waals surface area contributed by atoms with Crippen LogP contribution in [0.2, 0.25) is 0 Å². The third-order valence-electron chi connectivity index (χ3n) is 3.17. The van der Waals surface area contributed by atoms with Gasteiger partial charge in [0.25, 0.3) is 11.5 Å². The standard InChI is InChI=1S/C11H16N4O3.ClH/c1-7-5-12-3-4-15(7)10(17)8-6-13-11(18)14(2)9(8)16;/h6-7,12H,3-5H2,1-2H3,(H,13,18);1H/t7-;/m1./s1. The first-order valence-corrected chi connectivity index (χ1v) is 5.82. The number of nitrogens with zero attached hydrogens (tertiary/aromatic N) is 2. The highest BCUT2D eigenvalue weighted by atomic mass is 35.5. The summed E-state index contributed by atoms with van der Waals surface area (Å²) >= 11 is 0. The smallest absolute Gasteiger partial charge is 0.328 e. The van der Waals surface area contributed by atoms with Gasteiger partial charge >= 0.3 is 5.69 Å². The summed E-state index contributed by atoms with van der Waals surface area (Å²) in [7, 11) is 1.35. The molecule has 0 saturated carbocycles. The molecule has 2 heterocycles. The molecule has 106 valence electrons. The second-order valence-corrected chi connectivity index (χ2v) is 4.42. The fourth-order valence-electron chi connectivity index (χ4n) is 2.02. The van der Waals surface area contributed by atoms with Gasteiger partial charge in [0.05, 0.1) is 0 Å². The van der Waals surface area contributed by atoms with Crippen LogP contribution in [-0.4, -0.2) is 46.0 Å². The summed E-state index contributed by atoms with van der Waals surface area (Å²) in [5, 5.41) is 3.17. The monoisotopic (exact) mass is 288 g/mol. The molecular formula is C11H17ClN4O3. The van der Waals surface area contributed by atoms with Crippen molar-refractivity contribution in [1.82, 2.24) is 19.8 Å². The Labute approximate surface area is 116 Å². The van der Waals surface area contributed by atoms with Crippen molar-refractivity contribution in [2.24, 2.45) is 7.05 Å². The zero-order chi connectivity index (χ0) is 13.3. The normalized spacial score (nSPS) is 18.8. The minimum absolute atomic E-state index is 0. The molecule has 0 bridgehead atoms. The van der Waals surface area contributed by atoms with E-state index in [-0.39, 0.29) is 29.9 Å². The van der Waals surface area contributed by atoms with Crippen LogP contribution in [0.25, 0.3) is 0 Å². The Morgan fingerprint density at radius 3 is 2.74 bits per heavy atom. The number of hydrogen-bond acceptors (Lipinski definition) is 4. The van der Waals surface area contributed by atoms with E-state index < -0.39 is 11.2 Å². The van der Waals surface area contributed by atoms with E-state index in [9.17, 15) is 14.4 Å². The second kappa shape index (κ2) is 6.03. The minimum Gasteiger partial charge on any atom is -0.333 e. The molecule has 1 fully saturated rings. The highest BCUT2D eigenvalue weighted by molar-refractivity contribution is 5.93. The van der Waals surface area contributed by atoms with Crippen LogP contribution < -0.4 is 16.6 Å². The Bertz CT molecular complexity index is 580. The number of halogens is 1. The molecule has 0 aromatic carbocycles. The lowest BCUT2D eigenvalue weighted by Crippen LogP contribution is -2.53. The van der Waals surface area contributed by atoms with Crippen LogP contribution in [0.5, 0.6) is 0 Å². The number of piperazine rings is 1. The Kier molecular flexibility index (Phi) is 4.90. The molecule has 1 aliphatic rings. The Morgan fingerprint density at radius 1 is 1.42 bits per heavy atom. The van der Waals surface area contributed by atoms with Gasteiger partial charge in [0, 0.05) is 38.9 Å². The fourth-order valence-corrected chi connectivity index (χ4v) is 2.02. The molecule has 2 N–H and O–H groups in total. The van der Waals surface area contributed by atoms with Crippen LogP contribution in [0.15, 0.2) is 15.8 Å². The summed E-state index contributed by atoms with van der Waals surface area (Å²) in [6.07, 6.45) is 1.20. The van der Waals surface area contributed by atoms with E-state index in [0.717, 1.165) is 4.57 Å². The predicted octanol–water partition coefficient (Wildman–Crippen LogP) is -1.07. The van der Waals surface area contributed by atoms with E-state index in [4.69, 9.17) is 0 Å². The lowest BCUT2D eigenvalue weighted by Gasteiger charge is -2.33. The van der Waals surface area contributed by atoms with Crippen molar-refractivity contribution in [3.63, 3.8) is 0 Å². The summed E-state index contributed by atoms with van der Waals surface area (Å²) in [6.45, 7) is 3.89. The molecule has 0 aliphatic carbocycles. The van der Waals surface area contributed by atoms with Crippen molar-refractivity contribution in [2.45, 2.75) is 13.0 Å². The number of H-pyrrole nitrogens is 1. The number of rotatable bonds is 1. The third kappa shape index (κ3) is 2.87. The largest absolute Gasteiger partial charge is 0.333 e. The zero-order valence-corrected chi connectivity index (χ0v) is 11.6. The van der Waals surface area contributed by atoms with E-state index >= 15 is 0 Å². The van der Waals surface area contributed by atoms with Gasteiger partial charge in [-0.15, -0.1) is 12.4 Å². The van der Waals surface area contributed by atoms with Crippen molar-refractivity contribution in [3.05, 3.63) is 32.6 Å². The Balaban J connectivity index is 0.00000180. The maximum Gasteiger partial charge on any atom is 0.328 e. The highest BCUT2D eigenvalue weighted by Crippen LogP contribution is 2.06. The molecule has 1 aliphatic heterocycles. The molecule has 0 spiro atoms. The predicted molar refractivity (Wildman–Crippen MR) is 72.9 cm³/mol. The molecule has 1 aromatic rings. The maximum atomic E-state index is 12.3. The van der Waals surface area contributed by atoms with Crippen molar-refractivity contribution in [1.29, 1.82) is 0 Å². The number of carbonyl (C=O) groups excluding carboxylic acids is 1. The third-order valence-corrected chi connectivity index (χ3v) is 3.17. The van der Waals surface area contributed by atoms with Crippen LogP contribution in [-0.2, 0) is 7.05 Å². The van der Waals surface area contributed by atoms with Crippen molar-refractivity contribution < 1.29 is 4.79 Å². The van der Waals surface area contributed by atoms with Crippen LogP contribution in [0.1, 0.15) is 17.3 Å². The van der Waals surface area contributed by atoms with Gasteiger partial charge in [0.15, 0.2) is 0 Å². The van der Waals surface area contributed by atoms with Crippen molar-refractivity contribution in [3.8, 4) is 0 Å². The van der Waals surface area contributed by atoms with Gasteiger partial charge in [-0.05, 0) is 6.92 Å². The number of carbonyl (C=O) groups is 1. The van der Waals surface area contributed by atoms with Crippen LogP contribution in [0.3, 0.4) is 0 Å². The molecule has 0 radical (unpaired) electrons. The molecule has 1 aromatic heterocycles. The number of nitrogens with one attached hydrogen (secondary N) is 2. The first-order chi connectivity index (χ1) is 8.52. The van der Waals surface area contributed by atoms with E-state index in [1.165, 1.54) is 13.2 Å². The lowest BCUT2D eigenvalue weighted by molar-refractivity contribution is 0.0652. The highest BCUT2D eigenvalue weighted by Gasteiger charge is 2.26. The summed E-state index contributed by atoms with van der Waals surface area (Å²) in [5.41, 5.74) is -1.08. The van der Waals surface area contributed by atoms with Crippen molar-refractivity contribution >= 4 is 18.3 Å². The van der Waals surface area contributed by atoms with Crippen molar-refractivity contribution in [2.75, 3.05) is 19.6 Å². The van der Waals surface area contributed by atoms with Crippen LogP contribution in [0.4, 0.5) is 0 Å². The van der Waals surface area contributed by atoms with Gasteiger partial charge in [0.1, 0.15) is 5.56 Å². The molecule has 1 atom stereocenters. The molecule has 2 rings (SSSR count). The summed E-state index contributed by atoms with van der Waals surface area (Å²) < 4.78 is 0.903. The number of aromatic nitrogens is 2. The topological polar surface area (TPSA) is 87.2 Å². The Morgan fingerprint density at radius 2 is 2.11 bits per heavy atom. The van der Waals surface area contributed by atoms with Crippen LogP contribution in [0, 0.1) is 0 Å². The number of aromatic amines is 1. The fraction of sp³-hybridized carbons (Fsp3) is 0.545.